The molecule has 1 aromatic carbocycles. The molecule has 1 aromatic rings. The van der Waals surface area contributed by atoms with Crippen molar-refractivity contribution in [2.24, 2.45) is 5.73 Å². The molecule has 3 nitrogen and oxygen atoms in total. The summed E-state index contributed by atoms with van der Waals surface area (Å²) in [7, 11) is 1.60. The molecule has 3 heteroatoms. The first-order valence-corrected chi connectivity index (χ1v) is 5.03. The third kappa shape index (κ3) is 2.18. The highest BCUT2D eigenvalue weighted by Crippen LogP contribution is 2.21. The maximum Gasteiger partial charge on any atom is 0.241 e. The molecule has 1 unspecified atom stereocenters. The lowest BCUT2D eigenvalue weighted by atomic mass is 9.94. The zero-order valence-corrected chi connectivity index (χ0v) is 9.72. The molecule has 0 radical (unpaired) electrons. The van der Waals surface area contributed by atoms with Gasteiger partial charge in [-0.1, -0.05) is 12.1 Å². The minimum absolute atomic E-state index is 0.152. The Labute approximate surface area is 90.7 Å². The highest BCUT2D eigenvalue weighted by Gasteiger charge is 2.17. The van der Waals surface area contributed by atoms with Crippen LogP contribution in [-0.2, 0) is 4.79 Å². The van der Waals surface area contributed by atoms with Crippen LogP contribution in [0, 0.1) is 20.8 Å². The maximum atomic E-state index is 11.4. The third-order valence-corrected chi connectivity index (χ3v) is 2.96. The van der Waals surface area contributed by atoms with Crippen molar-refractivity contribution in [1.82, 2.24) is 5.32 Å². The van der Waals surface area contributed by atoms with E-state index in [1.54, 1.807) is 7.05 Å². The molecule has 0 aliphatic heterocycles. The number of hydrogen-bond donors (Lipinski definition) is 2. The van der Waals surface area contributed by atoms with Crippen LogP contribution in [0.2, 0.25) is 0 Å². The molecule has 82 valence electrons. The Morgan fingerprint density at radius 1 is 1.27 bits per heavy atom. The number of amides is 1. The van der Waals surface area contributed by atoms with Gasteiger partial charge in [-0.25, -0.2) is 0 Å². The maximum absolute atomic E-state index is 11.4. The molecule has 1 rings (SSSR count). The predicted molar refractivity (Wildman–Crippen MR) is 61.6 cm³/mol. The summed E-state index contributed by atoms with van der Waals surface area (Å²) in [5, 5.41) is 2.56. The molecule has 0 bridgehead atoms. The van der Waals surface area contributed by atoms with Crippen molar-refractivity contribution in [1.29, 1.82) is 0 Å². The summed E-state index contributed by atoms with van der Waals surface area (Å²) in [6.45, 7) is 6.10. The fourth-order valence-corrected chi connectivity index (χ4v) is 1.61. The molecule has 0 aromatic heterocycles. The van der Waals surface area contributed by atoms with Crippen molar-refractivity contribution in [3.8, 4) is 0 Å². The number of nitrogens with one attached hydrogen (secondary N) is 1. The van der Waals surface area contributed by atoms with E-state index >= 15 is 0 Å². The van der Waals surface area contributed by atoms with Gasteiger partial charge < -0.3 is 11.1 Å². The molecular formula is C12H18N2O. The van der Waals surface area contributed by atoms with Gasteiger partial charge in [-0.15, -0.1) is 0 Å². The normalized spacial score (nSPS) is 12.3. The van der Waals surface area contributed by atoms with Crippen molar-refractivity contribution in [2.75, 3.05) is 7.05 Å². The van der Waals surface area contributed by atoms with Crippen LogP contribution in [0.4, 0.5) is 0 Å². The van der Waals surface area contributed by atoms with E-state index in [1.807, 2.05) is 26.0 Å². The van der Waals surface area contributed by atoms with Crippen LogP contribution in [0.3, 0.4) is 0 Å². The van der Waals surface area contributed by atoms with E-state index in [1.165, 1.54) is 11.1 Å². The van der Waals surface area contributed by atoms with E-state index in [4.69, 9.17) is 5.73 Å². The summed E-state index contributed by atoms with van der Waals surface area (Å²) in [4.78, 5) is 11.4. The van der Waals surface area contributed by atoms with Crippen LogP contribution in [-0.4, -0.2) is 13.0 Å². The van der Waals surface area contributed by atoms with Crippen LogP contribution in [0.25, 0.3) is 0 Å². The highest BCUT2D eigenvalue weighted by molar-refractivity contribution is 5.83. The summed E-state index contributed by atoms with van der Waals surface area (Å²) in [5.41, 5.74) is 10.3. The minimum atomic E-state index is -0.575. The number of carbonyl (C=O) groups is 1. The molecule has 0 fully saturated rings. The summed E-state index contributed by atoms with van der Waals surface area (Å²) >= 11 is 0. The Hall–Kier alpha value is -1.35. The number of rotatable bonds is 2. The van der Waals surface area contributed by atoms with Crippen LogP contribution in [0.1, 0.15) is 28.3 Å². The van der Waals surface area contributed by atoms with Gasteiger partial charge in [0.05, 0.1) is 0 Å². The van der Waals surface area contributed by atoms with Crippen molar-refractivity contribution in [3.63, 3.8) is 0 Å². The number of aryl methyl sites for hydroxylation is 1. The average Bonchev–Trinajstić information content (AvgIpc) is 2.24. The Morgan fingerprint density at radius 2 is 1.87 bits per heavy atom. The first-order chi connectivity index (χ1) is 6.99. The van der Waals surface area contributed by atoms with Gasteiger partial charge >= 0.3 is 0 Å². The fourth-order valence-electron chi connectivity index (χ4n) is 1.61. The lowest BCUT2D eigenvalue weighted by Gasteiger charge is -2.16. The van der Waals surface area contributed by atoms with Crippen LogP contribution >= 0.6 is 0 Å². The Kier molecular flexibility index (Phi) is 3.48. The molecule has 1 atom stereocenters. The molecule has 3 N–H and O–H groups in total. The number of benzene rings is 1. The van der Waals surface area contributed by atoms with Gasteiger partial charge in [0, 0.05) is 7.05 Å². The number of nitrogens with two attached hydrogens (primary N) is 1. The van der Waals surface area contributed by atoms with Gasteiger partial charge in [-0.2, -0.15) is 0 Å². The van der Waals surface area contributed by atoms with Gasteiger partial charge in [-0.3, -0.25) is 4.79 Å². The van der Waals surface area contributed by atoms with Crippen LogP contribution < -0.4 is 11.1 Å². The Morgan fingerprint density at radius 3 is 2.40 bits per heavy atom. The topological polar surface area (TPSA) is 55.1 Å². The zero-order valence-electron chi connectivity index (χ0n) is 9.72. The molecular weight excluding hydrogens is 188 g/mol. The lowest BCUT2D eigenvalue weighted by molar-refractivity contribution is -0.122. The van der Waals surface area contributed by atoms with E-state index < -0.39 is 6.04 Å². The van der Waals surface area contributed by atoms with E-state index in [0.717, 1.165) is 11.1 Å². The Balaban J connectivity index is 3.16. The summed E-state index contributed by atoms with van der Waals surface area (Å²) < 4.78 is 0. The van der Waals surface area contributed by atoms with Gasteiger partial charge in [0.2, 0.25) is 5.91 Å². The van der Waals surface area contributed by atoms with E-state index in [9.17, 15) is 4.79 Å². The van der Waals surface area contributed by atoms with Gasteiger partial charge in [0.1, 0.15) is 6.04 Å². The number of likely N-dealkylation sites (N-methyl/N-ethyl adjacent to an activating group) is 1. The minimum Gasteiger partial charge on any atom is -0.358 e. The van der Waals surface area contributed by atoms with Crippen molar-refractivity contribution in [3.05, 3.63) is 34.4 Å². The van der Waals surface area contributed by atoms with Crippen molar-refractivity contribution in [2.45, 2.75) is 26.8 Å². The fraction of sp³-hybridized carbons (Fsp3) is 0.417. The predicted octanol–water partition coefficient (Wildman–Crippen LogP) is 1.36. The van der Waals surface area contributed by atoms with Crippen LogP contribution in [0.5, 0.6) is 0 Å². The molecule has 0 aliphatic carbocycles. The second-order valence-electron chi connectivity index (χ2n) is 3.81. The number of carbonyl (C=O) groups excluding carboxylic acids is 1. The molecule has 0 saturated heterocycles. The second-order valence-corrected chi connectivity index (χ2v) is 3.81. The second kappa shape index (κ2) is 4.45. The Bertz CT molecular complexity index is 385. The molecule has 1 amide bonds. The van der Waals surface area contributed by atoms with E-state index in [0.29, 0.717) is 0 Å². The quantitative estimate of drug-likeness (QED) is 0.767. The summed E-state index contributed by atoms with van der Waals surface area (Å²) in [5.74, 6) is -0.152. The monoisotopic (exact) mass is 206 g/mol. The molecule has 0 saturated carbocycles. The third-order valence-electron chi connectivity index (χ3n) is 2.96. The zero-order chi connectivity index (χ0) is 11.6. The van der Waals surface area contributed by atoms with Gasteiger partial charge in [0.25, 0.3) is 0 Å². The lowest BCUT2D eigenvalue weighted by Crippen LogP contribution is -2.32. The first-order valence-electron chi connectivity index (χ1n) is 5.03. The molecule has 0 aliphatic rings. The largest absolute Gasteiger partial charge is 0.358 e. The van der Waals surface area contributed by atoms with Gasteiger partial charge in [0.15, 0.2) is 0 Å². The van der Waals surface area contributed by atoms with Crippen molar-refractivity contribution >= 4 is 5.91 Å². The van der Waals surface area contributed by atoms with Crippen LogP contribution in [0.15, 0.2) is 12.1 Å². The molecule has 15 heavy (non-hydrogen) atoms. The van der Waals surface area contributed by atoms with Crippen molar-refractivity contribution < 1.29 is 4.79 Å². The van der Waals surface area contributed by atoms with Gasteiger partial charge in [-0.05, 0) is 43.0 Å². The summed E-state index contributed by atoms with van der Waals surface area (Å²) in [6, 6.07) is 3.35. The first kappa shape index (κ1) is 11.7. The number of hydrogen-bond acceptors (Lipinski definition) is 2. The smallest absolute Gasteiger partial charge is 0.241 e. The molecule has 0 heterocycles. The molecule has 0 spiro atoms. The SMILES string of the molecule is CNC(=O)C(N)c1ccc(C)c(C)c1C. The standard InChI is InChI=1S/C12H18N2O/c1-7-5-6-10(9(3)8(7)2)11(13)12(15)14-4/h5-6,11H,13H2,1-4H3,(H,14,15). The van der Waals surface area contributed by atoms with E-state index in [2.05, 4.69) is 12.2 Å². The van der Waals surface area contributed by atoms with E-state index in [-0.39, 0.29) is 5.91 Å². The average molecular weight is 206 g/mol. The highest BCUT2D eigenvalue weighted by atomic mass is 16.2. The summed E-state index contributed by atoms with van der Waals surface area (Å²) in [6.07, 6.45) is 0.